The molecule has 160 valence electrons. The molecule has 0 amide bonds. The van der Waals surface area contributed by atoms with Gasteiger partial charge in [0, 0.05) is 25.8 Å². The van der Waals surface area contributed by atoms with Gasteiger partial charge in [-0.05, 0) is 54.0 Å². The fraction of sp³-hybridized carbons (Fsp3) is 0.458. The maximum Gasteiger partial charge on any atom is 0.212 e. The molecule has 2 aliphatic rings. The number of methoxy groups -OCH3 is 1. The first-order chi connectivity index (χ1) is 14.5. The average Bonchev–Trinajstić information content (AvgIpc) is 2.76. The predicted molar refractivity (Wildman–Crippen MR) is 116 cm³/mol. The Balaban J connectivity index is 0.000000269. The van der Waals surface area contributed by atoms with Crippen LogP contribution < -0.4 is 15.3 Å². The molecule has 1 N–H and O–H groups in total. The molecule has 3 heterocycles. The van der Waals surface area contributed by atoms with E-state index >= 15 is 0 Å². The van der Waals surface area contributed by atoms with Crippen LogP contribution in [0, 0.1) is 5.92 Å². The summed E-state index contributed by atoms with van der Waals surface area (Å²) in [7, 11) is 1.60. The molecule has 0 saturated carbocycles. The Morgan fingerprint density at radius 1 is 1.30 bits per heavy atom. The third-order valence-corrected chi connectivity index (χ3v) is 5.45. The summed E-state index contributed by atoms with van der Waals surface area (Å²) >= 11 is 0. The van der Waals surface area contributed by atoms with Crippen molar-refractivity contribution < 1.29 is 19.4 Å². The van der Waals surface area contributed by atoms with Crippen molar-refractivity contribution in [3.8, 4) is 5.88 Å². The zero-order chi connectivity index (χ0) is 21.5. The van der Waals surface area contributed by atoms with E-state index in [9.17, 15) is 4.79 Å². The zero-order valence-corrected chi connectivity index (χ0v) is 17.9. The van der Waals surface area contributed by atoms with Gasteiger partial charge >= 0.3 is 0 Å². The highest BCUT2D eigenvalue weighted by Crippen LogP contribution is 2.13. The molecule has 30 heavy (non-hydrogen) atoms. The highest BCUT2D eigenvalue weighted by atomic mass is 16.5. The standard InChI is InChI=1S/C18H18N2O2.C6H12O2/c1-12(21)17-10-14(15-5-3-4-6-16(15)20-17)9-13-7-8-18(22-2)19-11-13;1-5-2-3-8-4-6(5)7/h5-8,10-11H,3-4,9H2,1-2H3;5-7H,2-4H2,1H3/t;5-,6-/m.0/s1. The van der Waals surface area contributed by atoms with Crippen LogP contribution in [0.25, 0.3) is 12.2 Å². The number of hydrogen-bond donors (Lipinski definition) is 1. The van der Waals surface area contributed by atoms with Gasteiger partial charge < -0.3 is 14.6 Å². The molecule has 0 unspecified atom stereocenters. The van der Waals surface area contributed by atoms with Gasteiger partial charge in [-0.1, -0.05) is 25.1 Å². The number of aromatic nitrogens is 2. The summed E-state index contributed by atoms with van der Waals surface area (Å²) in [5, 5.41) is 11.1. The van der Waals surface area contributed by atoms with Gasteiger partial charge in [0.05, 0.1) is 25.2 Å². The van der Waals surface area contributed by atoms with Gasteiger partial charge in [0.25, 0.3) is 0 Å². The highest BCUT2D eigenvalue weighted by Gasteiger charge is 2.18. The van der Waals surface area contributed by atoms with Crippen LogP contribution >= 0.6 is 0 Å². The van der Waals surface area contributed by atoms with Crippen LogP contribution in [-0.4, -0.2) is 47.3 Å². The van der Waals surface area contributed by atoms with E-state index in [2.05, 4.69) is 22.1 Å². The van der Waals surface area contributed by atoms with Gasteiger partial charge in [0.2, 0.25) is 5.88 Å². The lowest BCUT2D eigenvalue weighted by Gasteiger charge is -2.23. The maximum atomic E-state index is 11.7. The summed E-state index contributed by atoms with van der Waals surface area (Å²) < 4.78 is 10.1. The molecule has 0 bridgehead atoms. The molecule has 2 aromatic rings. The number of carbonyl (C=O) groups excluding carboxylic acids is 1. The van der Waals surface area contributed by atoms with Crippen LogP contribution in [0.5, 0.6) is 5.88 Å². The van der Waals surface area contributed by atoms with Crippen LogP contribution in [0.2, 0.25) is 0 Å². The molecule has 4 rings (SSSR count). The van der Waals surface area contributed by atoms with E-state index in [4.69, 9.17) is 14.6 Å². The van der Waals surface area contributed by atoms with Crippen molar-refractivity contribution in [3.05, 3.63) is 51.8 Å². The van der Waals surface area contributed by atoms with E-state index in [1.54, 1.807) is 14.0 Å². The third kappa shape index (κ3) is 5.74. The molecule has 2 aromatic heterocycles. The van der Waals surface area contributed by atoms with Crippen molar-refractivity contribution >= 4 is 17.9 Å². The average molecular weight is 411 g/mol. The molecular formula is C24H30N2O4. The van der Waals surface area contributed by atoms with Crippen molar-refractivity contribution in [2.45, 2.75) is 45.6 Å². The van der Waals surface area contributed by atoms with Crippen molar-refractivity contribution in [1.29, 1.82) is 0 Å². The molecule has 1 saturated heterocycles. The second-order valence-corrected chi connectivity index (χ2v) is 7.80. The van der Waals surface area contributed by atoms with E-state index in [1.807, 2.05) is 31.3 Å². The van der Waals surface area contributed by atoms with Crippen molar-refractivity contribution in [2.75, 3.05) is 20.3 Å². The number of aliphatic hydroxyl groups is 1. The molecule has 2 atom stereocenters. The molecule has 6 nitrogen and oxygen atoms in total. The number of pyridine rings is 2. The number of aliphatic hydroxyl groups excluding tert-OH is 1. The van der Waals surface area contributed by atoms with Gasteiger partial charge in [-0.25, -0.2) is 9.97 Å². The second kappa shape index (κ2) is 10.5. The van der Waals surface area contributed by atoms with Gasteiger partial charge in [0.15, 0.2) is 5.78 Å². The fourth-order valence-electron chi connectivity index (χ4n) is 3.48. The summed E-state index contributed by atoms with van der Waals surface area (Å²) in [4.78, 5) is 20.4. The lowest BCUT2D eigenvalue weighted by molar-refractivity contribution is -0.0380. The first kappa shape index (κ1) is 22.1. The summed E-state index contributed by atoms with van der Waals surface area (Å²) in [6, 6.07) is 5.75. The number of Topliss-reactive ketones (excluding diaryl/α,β-unsaturated/α-hetero) is 1. The first-order valence-electron chi connectivity index (χ1n) is 10.4. The summed E-state index contributed by atoms with van der Waals surface area (Å²) in [5.74, 6) is 1.03. The minimum Gasteiger partial charge on any atom is -0.481 e. The van der Waals surface area contributed by atoms with Crippen LogP contribution in [-0.2, 0) is 11.2 Å². The van der Waals surface area contributed by atoms with Crippen molar-refractivity contribution in [1.82, 2.24) is 9.97 Å². The minimum absolute atomic E-state index is 0.00382. The summed E-state index contributed by atoms with van der Waals surface area (Å²) in [6.07, 6.45) is 9.63. The van der Waals surface area contributed by atoms with Crippen LogP contribution in [0.3, 0.4) is 0 Å². The van der Waals surface area contributed by atoms with Crippen molar-refractivity contribution in [3.63, 3.8) is 0 Å². The SMILES string of the molecule is COc1ccc(Cc2cc(C(C)=O)nc3c2=CCCC=3)cn1.C[C@H]1CCOC[C@@H]1O. The lowest BCUT2D eigenvalue weighted by Crippen LogP contribution is -2.35. The van der Waals surface area contributed by atoms with Gasteiger partial charge in [-0.15, -0.1) is 0 Å². The Bertz CT molecular complexity index is 976. The quantitative estimate of drug-likeness (QED) is 0.777. The zero-order valence-electron chi connectivity index (χ0n) is 17.9. The molecular weight excluding hydrogens is 380 g/mol. The molecule has 0 aromatic carbocycles. The Hall–Kier alpha value is -2.57. The summed E-state index contributed by atoms with van der Waals surface area (Å²) in [6.45, 7) is 4.95. The number of fused-ring (bicyclic) bond motifs is 1. The molecule has 0 radical (unpaired) electrons. The van der Waals surface area contributed by atoms with E-state index in [0.29, 0.717) is 24.1 Å². The van der Waals surface area contributed by atoms with E-state index < -0.39 is 0 Å². The number of nitrogens with zero attached hydrogens (tertiary/aromatic N) is 2. The lowest BCUT2D eigenvalue weighted by atomic mass is 10.00. The van der Waals surface area contributed by atoms with E-state index in [0.717, 1.165) is 54.0 Å². The van der Waals surface area contributed by atoms with Crippen LogP contribution in [0.4, 0.5) is 0 Å². The first-order valence-corrected chi connectivity index (χ1v) is 10.4. The second-order valence-electron chi connectivity index (χ2n) is 7.80. The topological polar surface area (TPSA) is 81.5 Å². The molecule has 6 heteroatoms. The van der Waals surface area contributed by atoms with Gasteiger partial charge in [-0.3, -0.25) is 4.79 Å². The predicted octanol–water partition coefficient (Wildman–Crippen LogP) is 2.04. The monoisotopic (exact) mass is 410 g/mol. The Kier molecular flexibility index (Phi) is 7.71. The molecule has 1 aliphatic carbocycles. The molecule has 1 fully saturated rings. The fourth-order valence-corrected chi connectivity index (χ4v) is 3.48. The minimum atomic E-state index is -0.219. The van der Waals surface area contributed by atoms with Gasteiger partial charge in [0.1, 0.15) is 5.69 Å². The summed E-state index contributed by atoms with van der Waals surface area (Å²) in [5.41, 5.74) is 2.74. The molecule has 0 spiro atoms. The maximum absolute atomic E-state index is 11.7. The van der Waals surface area contributed by atoms with E-state index in [1.165, 1.54) is 0 Å². The highest BCUT2D eigenvalue weighted by molar-refractivity contribution is 5.92. The number of rotatable bonds is 4. The normalized spacial score (nSPS) is 20.0. The third-order valence-electron chi connectivity index (χ3n) is 5.45. The Morgan fingerprint density at radius 2 is 2.10 bits per heavy atom. The Labute approximate surface area is 177 Å². The van der Waals surface area contributed by atoms with Gasteiger partial charge in [-0.2, -0.15) is 0 Å². The molecule has 1 aliphatic heterocycles. The van der Waals surface area contributed by atoms with Crippen molar-refractivity contribution in [2.24, 2.45) is 5.92 Å². The van der Waals surface area contributed by atoms with E-state index in [-0.39, 0.29) is 11.9 Å². The number of hydrogen-bond acceptors (Lipinski definition) is 6. The number of carbonyl (C=O) groups is 1. The smallest absolute Gasteiger partial charge is 0.212 e. The Morgan fingerprint density at radius 3 is 2.70 bits per heavy atom. The largest absolute Gasteiger partial charge is 0.481 e. The number of ether oxygens (including phenoxy) is 2. The van der Waals surface area contributed by atoms with Crippen LogP contribution in [0.1, 0.15) is 54.7 Å². The number of ketones is 1. The van der Waals surface area contributed by atoms with Crippen LogP contribution in [0.15, 0.2) is 24.4 Å².